The zero-order chi connectivity index (χ0) is 31.1. The number of nitrogens with zero attached hydrogens (tertiary/aromatic N) is 4. The number of esters is 1. The number of carbonyl (C=O) groups is 1. The first-order valence-electron chi connectivity index (χ1n) is 15.1. The SMILES string of the molecule is COC(=O)c1cccc(-n2c(C)cc([C@@H]3[C@H](c4ccccn4)NC(=S)N3c3ccc(N4C[C@H](C)C[C@H](C)C4)c(Cl)c3)c2C)c1. The van der Waals surface area contributed by atoms with E-state index in [0.717, 1.165) is 57.8 Å². The minimum Gasteiger partial charge on any atom is -0.465 e. The number of hydrogen-bond donors (Lipinski definition) is 1. The maximum Gasteiger partial charge on any atom is 0.337 e. The number of thiocarbonyl (C=S) groups is 1. The quantitative estimate of drug-likeness (QED) is 0.175. The lowest BCUT2D eigenvalue weighted by Crippen LogP contribution is -2.38. The van der Waals surface area contributed by atoms with E-state index in [9.17, 15) is 4.79 Å². The summed E-state index contributed by atoms with van der Waals surface area (Å²) in [5.74, 6) is 0.879. The molecule has 7 nitrogen and oxygen atoms in total. The summed E-state index contributed by atoms with van der Waals surface area (Å²) in [5.41, 5.74) is 7.48. The van der Waals surface area contributed by atoms with Crippen LogP contribution in [-0.4, -0.2) is 40.8 Å². The molecule has 0 saturated carbocycles. The van der Waals surface area contributed by atoms with Crippen molar-refractivity contribution in [3.8, 4) is 5.69 Å². The molecule has 2 aromatic heterocycles. The van der Waals surface area contributed by atoms with Crippen molar-refractivity contribution in [1.82, 2.24) is 14.9 Å². The van der Waals surface area contributed by atoms with Crippen LogP contribution in [-0.2, 0) is 4.74 Å². The molecule has 0 unspecified atom stereocenters. The molecule has 2 aliphatic heterocycles. The molecule has 2 fully saturated rings. The Labute approximate surface area is 269 Å². The number of nitrogens with one attached hydrogen (secondary N) is 1. The third-order valence-electron chi connectivity index (χ3n) is 8.83. The average molecular weight is 628 g/mol. The van der Waals surface area contributed by atoms with Crippen molar-refractivity contribution in [3.05, 3.63) is 106 Å². The molecule has 44 heavy (non-hydrogen) atoms. The van der Waals surface area contributed by atoms with Gasteiger partial charge >= 0.3 is 5.97 Å². The van der Waals surface area contributed by atoms with Crippen molar-refractivity contribution in [3.63, 3.8) is 0 Å². The Kier molecular flexibility index (Phi) is 8.40. The number of rotatable bonds is 6. The molecule has 4 heterocycles. The van der Waals surface area contributed by atoms with Crippen LogP contribution in [0.2, 0.25) is 5.02 Å². The van der Waals surface area contributed by atoms with Gasteiger partial charge in [-0.3, -0.25) is 4.98 Å². The first-order valence-corrected chi connectivity index (χ1v) is 15.9. The van der Waals surface area contributed by atoms with Crippen LogP contribution in [0.4, 0.5) is 11.4 Å². The minimum atomic E-state index is -0.366. The van der Waals surface area contributed by atoms with Crippen LogP contribution >= 0.6 is 23.8 Å². The second kappa shape index (κ2) is 12.3. The molecule has 0 aliphatic carbocycles. The van der Waals surface area contributed by atoms with Crippen molar-refractivity contribution in [2.75, 3.05) is 30.0 Å². The smallest absolute Gasteiger partial charge is 0.337 e. The third kappa shape index (κ3) is 5.57. The standard InChI is InChI=1S/C35H38ClN5O2S/c1-21-15-22(2)20-39(19-21)31-13-12-27(18-29(31)36)41-33(32(38-35(41)44)30-11-6-7-14-37-30)28-16-23(3)40(24(28)4)26-10-8-9-25(17-26)34(42)43-5/h6-14,16-18,21-22,32-33H,15,19-20H2,1-5H3,(H,38,44)/t21-,22+,32-,33+/m0/s1. The van der Waals surface area contributed by atoms with E-state index < -0.39 is 0 Å². The highest BCUT2D eigenvalue weighted by atomic mass is 35.5. The Morgan fingerprint density at radius 3 is 2.45 bits per heavy atom. The second-order valence-corrected chi connectivity index (χ2v) is 13.0. The molecule has 4 atom stereocenters. The summed E-state index contributed by atoms with van der Waals surface area (Å²) in [4.78, 5) is 21.6. The summed E-state index contributed by atoms with van der Waals surface area (Å²) in [5, 5.41) is 4.91. The monoisotopic (exact) mass is 627 g/mol. The summed E-state index contributed by atoms with van der Waals surface area (Å²) in [6.45, 7) is 10.8. The first kappa shape index (κ1) is 30.2. The Hall–Kier alpha value is -3.88. The van der Waals surface area contributed by atoms with Gasteiger partial charge in [0, 0.05) is 42.0 Å². The van der Waals surface area contributed by atoms with Crippen molar-refractivity contribution in [2.24, 2.45) is 11.8 Å². The maximum atomic E-state index is 12.3. The van der Waals surface area contributed by atoms with Crippen molar-refractivity contribution >= 4 is 46.3 Å². The van der Waals surface area contributed by atoms with E-state index >= 15 is 0 Å². The maximum absolute atomic E-state index is 12.3. The van der Waals surface area contributed by atoms with Gasteiger partial charge < -0.3 is 24.4 Å². The van der Waals surface area contributed by atoms with Gasteiger partial charge in [-0.1, -0.05) is 37.6 Å². The number of hydrogen-bond acceptors (Lipinski definition) is 5. The molecule has 228 valence electrons. The van der Waals surface area contributed by atoms with Gasteiger partial charge in [0.15, 0.2) is 5.11 Å². The Morgan fingerprint density at radius 1 is 1.00 bits per heavy atom. The Morgan fingerprint density at radius 2 is 1.77 bits per heavy atom. The Bertz CT molecular complexity index is 1700. The van der Waals surface area contributed by atoms with Gasteiger partial charge in [-0.15, -0.1) is 0 Å². The number of halogens is 1. The van der Waals surface area contributed by atoms with Gasteiger partial charge in [0.05, 0.1) is 41.2 Å². The Balaban J connectivity index is 1.44. The summed E-state index contributed by atoms with van der Waals surface area (Å²) < 4.78 is 7.15. The van der Waals surface area contributed by atoms with Gasteiger partial charge in [-0.2, -0.15) is 0 Å². The molecule has 0 amide bonds. The number of aromatic nitrogens is 2. The molecule has 0 bridgehead atoms. The summed E-state index contributed by atoms with van der Waals surface area (Å²) in [7, 11) is 1.40. The van der Waals surface area contributed by atoms with E-state index in [4.69, 9.17) is 33.5 Å². The van der Waals surface area contributed by atoms with E-state index in [-0.39, 0.29) is 18.1 Å². The molecule has 0 spiro atoms. The van der Waals surface area contributed by atoms with Gasteiger partial charge in [0.25, 0.3) is 0 Å². The van der Waals surface area contributed by atoms with Crippen molar-refractivity contribution < 1.29 is 9.53 Å². The topological polar surface area (TPSA) is 62.6 Å². The number of carbonyl (C=O) groups excluding carboxylic acids is 1. The van der Waals surface area contributed by atoms with E-state index in [2.05, 4.69) is 65.6 Å². The molecular weight excluding hydrogens is 590 g/mol. The summed E-state index contributed by atoms with van der Waals surface area (Å²) in [6.07, 6.45) is 3.05. The third-order valence-corrected chi connectivity index (χ3v) is 9.45. The number of piperidine rings is 1. The van der Waals surface area contributed by atoms with E-state index in [1.807, 2.05) is 48.7 Å². The molecule has 2 aliphatic rings. The number of pyridine rings is 1. The molecule has 6 rings (SSSR count). The first-order chi connectivity index (χ1) is 21.2. The van der Waals surface area contributed by atoms with Gasteiger partial charge in [0.1, 0.15) is 0 Å². The number of anilines is 2. The normalized spacial score (nSPS) is 21.8. The molecule has 1 N–H and O–H groups in total. The van der Waals surface area contributed by atoms with Crippen LogP contribution in [0.5, 0.6) is 0 Å². The van der Waals surface area contributed by atoms with Gasteiger partial charge in [-0.05, 0) is 104 Å². The van der Waals surface area contributed by atoms with Crippen LogP contribution in [0.25, 0.3) is 5.69 Å². The number of aryl methyl sites for hydroxylation is 1. The second-order valence-electron chi connectivity index (χ2n) is 12.2. The van der Waals surface area contributed by atoms with E-state index in [1.54, 1.807) is 6.07 Å². The highest BCUT2D eigenvalue weighted by Gasteiger charge is 2.42. The van der Waals surface area contributed by atoms with Crippen molar-refractivity contribution in [1.29, 1.82) is 0 Å². The molecular formula is C35H38ClN5O2S. The fourth-order valence-electron chi connectivity index (χ4n) is 7.08. The summed E-state index contributed by atoms with van der Waals surface area (Å²) >= 11 is 13.1. The van der Waals surface area contributed by atoms with Crippen LogP contribution < -0.4 is 15.1 Å². The minimum absolute atomic E-state index is 0.193. The number of ether oxygens (including phenoxy) is 1. The van der Waals surface area contributed by atoms with Crippen LogP contribution in [0.1, 0.15) is 65.4 Å². The van der Waals surface area contributed by atoms with E-state index in [1.165, 1.54) is 13.5 Å². The fraction of sp³-hybridized carbons (Fsp3) is 0.343. The average Bonchev–Trinajstić information content (AvgIpc) is 3.51. The van der Waals surface area contributed by atoms with Crippen LogP contribution in [0.3, 0.4) is 0 Å². The summed E-state index contributed by atoms with van der Waals surface area (Å²) in [6, 6.07) is 21.6. The predicted octanol–water partition coefficient (Wildman–Crippen LogP) is 7.59. The lowest BCUT2D eigenvalue weighted by molar-refractivity contribution is 0.0600. The predicted molar refractivity (Wildman–Crippen MR) is 181 cm³/mol. The zero-order valence-corrected chi connectivity index (χ0v) is 27.3. The fourth-order valence-corrected chi connectivity index (χ4v) is 7.73. The molecule has 2 saturated heterocycles. The van der Waals surface area contributed by atoms with Gasteiger partial charge in [-0.25, -0.2) is 4.79 Å². The number of benzene rings is 2. The molecule has 0 radical (unpaired) electrons. The molecule has 9 heteroatoms. The zero-order valence-electron chi connectivity index (χ0n) is 25.8. The highest BCUT2D eigenvalue weighted by molar-refractivity contribution is 7.80. The lowest BCUT2D eigenvalue weighted by atomic mass is 9.91. The van der Waals surface area contributed by atoms with Crippen molar-refractivity contribution in [2.45, 2.75) is 46.2 Å². The lowest BCUT2D eigenvalue weighted by Gasteiger charge is -2.37. The molecule has 2 aromatic carbocycles. The van der Waals surface area contributed by atoms with E-state index in [0.29, 0.717) is 22.5 Å². The molecule has 4 aromatic rings. The van der Waals surface area contributed by atoms with Crippen LogP contribution in [0.15, 0.2) is 72.9 Å². The highest BCUT2D eigenvalue weighted by Crippen LogP contribution is 2.45. The van der Waals surface area contributed by atoms with Crippen LogP contribution in [0, 0.1) is 25.7 Å². The van der Waals surface area contributed by atoms with Gasteiger partial charge in [0.2, 0.25) is 0 Å². The largest absolute Gasteiger partial charge is 0.465 e. The number of methoxy groups -OCH3 is 1.